The van der Waals surface area contributed by atoms with Gasteiger partial charge in [-0.2, -0.15) is 0 Å². The normalized spacial score (nSPS) is 17.4. The summed E-state index contributed by atoms with van der Waals surface area (Å²) in [6, 6.07) is 11.5. The lowest BCUT2D eigenvalue weighted by Gasteiger charge is -2.29. The predicted molar refractivity (Wildman–Crippen MR) is 160 cm³/mol. The number of H-pyrrole nitrogens is 1. The van der Waals surface area contributed by atoms with Crippen LogP contribution in [0.4, 0.5) is 27.6 Å². The van der Waals surface area contributed by atoms with Crippen LogP contribution in [0.2, 0.25) is 0 Å². The number of aromatic amines is 1. The van der Waals surface area contributed by atoms with E-state index >= 15 is 4.39 Å². The Morgan fingerprint density at radius 3 is 2.22 bits per heavy atom. The Bertz CT molecular complexity index is 1760. The molecular formula is C33H29F5N6O2. The lowest BCUT2D eigenvalue weighted by Crippen LogP contribution is -2.42. The van der Waals surface area contributed by atoms with E-state index in [1.54, 1.807) is 0 Å². The fourth-order valence-corrected chi connectivity index (χ4v) is 5.62. The van der Waals surface area contributed by atoms with Crippen LogP contribution < -0.4 is 16.4 Å². The van der Waals surface area contributed by atoms with Crippen molar-refractivity contribution in [2.45, 2.75) is 36.9 Å². The van der Waals surface area contributed by atoms with Gasteiger partial charge in [-0.05, 0) is 48.2 Å². The van der Waals surface area contributed by atoms with Crippen LogP contribution in [0.5, 0.6) is 0 Å². The highest BCUT2D eigenvalue weighted by atomic mass is 19.2. The van der Waals surface area contributed by atoms with E-state index in [0.29, 0.717) is 41.0 Å². The van der Waals surface area contributed by atoms with E-state index in [1.165, 1.54) is 54.7 Å². The monoisotopic (exact) mass is 636 g/mol. The number of amides is 1. The quantitative estimate of drug-likeness (QED) is 0.161. The van der Waals surface area contributed by atoms with E-state index in [-0.39, 0.29) is 36.4 Å². The van der Waals surface area contributed by atoms with Crippen LogP contribution >= 0.6 is 0 Å². The zero-order valence-electron chi connectivity index (χ0n) is 24.2. The number of pyridine rings is 1. The van der Waals surface area contributed by atoms with Gasteiger partial charge in [-0.15, -0.1) is 0 Å². The number of hydrogen-bond acceptors (Lipinski definition) is 6. The van der Waals surface area contributed by atoms with Gasteiger partial charge in [-0.25, -0.2) is 26.9 Å². The third-order valence-electron chi connectivity index (χ3n) is 8.06. The van der Waals surface area contributed by atoms with Crippen LogP contribution in [0.25, 0.3) is 11.0 Å². The number of benzene rings is 3. The summed E-state index contributed by atoms with van der Waals surface area (Å²) in [5.41, 5.74) is 8.52. The molecule has 1 unspecified atom stereocenters. The number of anilines is 1. The fourth-order valence-electron chi connectivity index (χ4n) is 5.62. The Morgan fingerprint density at radius 1 is 0.935 bits per heavy atom. The number of nitrogens with two attached hydrogens (primary N) is 1. The molecule has 1 amide bonds. The van der Waals surface area contributed by atoms with E-state index in [0.717, 1.165) is 18.3 Å². The number of nitrogens with one attached hydrogen (secondary N) is 3. The number of nitrogens with zero attached hydrogens (tertiary/aromatic N) is 2. The second-order valence-corrected chi connectivity index (χ2v) is 11.1. The van der Waals surface area contributed by atoms with Crippen molar-refractivity contribution in [3.8, 4) is 0 Å². The Hall–Kier alpha value is -4.72. The minimum absolute atomic E-state index is 0.140. The topological polar surface area (TPSA) is 118 Å². The van der Waals surface area contributed by atoms with Gasteiger partial charge >= 0.3 is 0 Å². The summed E-state index contributed by atoms with van der Waals surface area (Å²) in [4.78, 5) is 24.7. The van der Waals surface area contributed by atoms with Crippen LogP contribution in [-0.4, -0.2) is 46.2 Å². The molecular weight excluding hydrogens is 607 g/mol. The Morgan fingerprint density at radius 2 is 1.59 bits per heavy atom. The number of aromatic nitrogens is 3. The predicted octanol–water partition coefficient (Wildman–Crippen LogP) is 5.41. The van der Waals surface area contributed by atoms with Gasteiger partial charge in [0.25, 0.3) is 0 Å². The van der Waals surface area contributed by atoms with Gasteiger partial charge in [0.15, 0.2) is 11.6 Å². The Kier molecular flexibility index (Phi) is 9.06. The number of carbonyl (C=O) groups is 1. The number of rotatable bonds is 9. The molecule has 5 aromatic rings. The van der Waals surface area contributed by atoms with Gasteiger partial charge in [0.1, 0.15) is 23.3 Å². The molecule has 1 aliphatic rings. The number of hydrogen-bond donors (Lipinski definition) is 4. The molecule has 5 N–H and O–H groups in total. The Balaban J connectivity index is 1.12. The molecule has 0 saturated carbocycles. The molecule has 3 atom stereocenters. The van der Waals surface area contributed by atoms with Crippen LogP contribution in [0.15, 0.2) is 73.1 Å². The zero-order chi connectivity index (χ0) is 32.4. The molecule has 6 rings (SSSR count). The maximum Gasteiger partial charge on any atom is 0.242 e. The third kappa shape index (κ3) is 6.76. The van der Waals surface area contributed by atoms with Gasteiger partial charge in [0.2, 0.25) is 5.91 Å². The van der Waals surface area contributed by atoms with E-state index in [1.807, 2.05) is 0 Å². The summed E-state index contributed by atoms with van der Waals surface area (Å²) < 4.78 is 75.5. The minimum atomic E-state index is -1.21. The van der Waals surface area contributed by atoms with Crippen molar-refractivity contribution in [3.63, 3.8) is 0 Å². The van der Waals surface area contributed by atoms with Crippen LogP contribution in [-0.2, 0) is 16.0 Å². The van der Waals surface area contributed by atoms with Crippen LogP contribution in [0.1, 0.15) is 40.9 Å². The first-order valence-electron chi connectivity index (χ1n) is 14.6. The highest BCUT2D eigenvalue weighted by Crippen LogP contribution is 2.30. The second kappa shape index (κ2) is 13.3. The SMILES string of the molecule is NC(C(=O)Nc1cncc(F)c1CC[C@@H]1CN[C@H](c2nc3cc(F)c(F)cc3[nH]2)CO1)C(c1ccc(F)cc1)c1ccc(F)cc1. The molecule has 46 heavy (non-hydrogen) atoms. The standard InChI is InChI=1S/C33H29F5N6O2/c34-19-5-1-17(2-6-19)30(18-3-7-20(35)8-4-18)31(39)33(45)44-28-15-40-14-25(38)22(28)10-9-21-13-41-29(16-46-21)32-42-26-11-23(36)24(37)12-27(26)43-32/h1-8,11-12,14-15,21,29-31,41H,9-10,13,16,39H2,(H,42,43)(H,44,45)/t21-,29+,31?/m1/s1. The molecule has 8 nitrogen and oxygen atoms in total. The highest BCUT2D eigenvalue weighted by molar-refractivity contribution is 5.96. The van der Waals surface area contributed by atoms with Crippen molar-refractivity contribution in [3.05, 3.63) is 125 Å². The van der Waals surface area contributed by atoms with Gasteiger partial charge in [-0.3, -0.25) is 9.78 Å². The summed E-state index contributed by atoms with van der Waals surface area (Å²) in [5, 5.41) is 5.99. The molecule has 238 valence electrons. The smallest absolute Gasteiger partial charge is 0.242 e. The van der Waals surface area contributed by atoms with Crippen molar-refractivity contribution in [2.24, 2.45) is 5.73 Å². The fraction of sp³-hybridized carbons (Fsp3) is 0.242. The average molecular weight is 637 g/mol. The average Bonchev–Trinajstić information content (AvgIpc) is 3.45. The highest BCUT2D eigenvalue weighted by Gasteiger charge is 2.30. The summed E-state index contributed by atoms with van der Waals surface area (Å²) in [7, 11) is 0. The van der Waals surface area contributed by atoms with Crippen molar-refractivity contribution < 1.29 is 31.5 Å². The summed E-state index contributed by atoms with van der Waals surface area (Å²) in [6.07, 6.45) is 2.65. The lowest BCUT2D eigenvalue weighted by atomic mass is 9.85. The van der Waals surface area contributed by atoms with Crippen LogP contribution in [0, 0.1) is 29.1 Å². The molecule has 3 heterocycles. The number of halogens is 5. The van der Waals surface area contributed by atoms with E-state index in [2.05, 4.69) is 25.6 Å². The van der Waals surface area contributed by atoms with Crippen molar-refractivity contribution in [1.29, 1.82) is 0 Å². The van der Waals surface area contributed by atoms with E-state index in [9.17, 15) is 22.4 Å². The molecule has 0 radical (unpaired) electrons. The molecule has 1 aliphatic heterocycles. The molecule has 1 fully saturated rings. The largest absolute Gasteiger partial charge is 0.375 e. The number of imidazole rings is 1. The molecule has 2 aromatic heterocycles. The number of fused-ring (bicyclic) bond motifs is 1. The number of morpholine rings is 1. The molecule has 13 heteroatoms. The molecule has 0 spiro atoms. The van der Waals surface area contributed by atoms with E-state index < -0.39 is 47.0 Å². The van der Waals surface area contributed by atoms with Crippen molar-refractivity contribution >= 4 is 22.6 Å². The second-order valence-electron chi connectivity index (χ2n) is 11.1. The van der Waals surface area contributed by atoms with Crippen LogP contribution in [0.3, 0.4) is 0 Å². The molecule has 3 aromatic carbocycles. The van der Waals surface area contributed by atoms with Gasteiger partial charge in [-0.1, -0.05) is 24.3 Å². The maximum atomic E-state index is 15.0. The Labute approximate surface area is 260 Å². The molecule has 0 aliphatic carbocycles. The van der Waals surface area contributed by atoms with Gasteiger partial charge < -0.3 is 26.1 Å². The maximum absolute atomic E-state index is 15.0. The molecule has 1 saturated heterocycles. The molecule has 0 bridgehead atoms. The van der Waals surface area contributed by atoms with Gasteiger partial charge in [0, 0.05) is 30.2 Å². The summed E-state index contributed by atoms with van der Waals surface area (Å²) in [5.74, 6) is -4.45. The minimum Gasteiger partial charge on any atom is -0.375 e. The zero-order valence-corrected chi connectivity index (χ0v) is 24.2. The van der Waals surface area contributed by atoms with Crippen molar-refractivity contribution in [1.82, 2.24) is 20.3 Å². The number of carbonyl (C=O) groups excluding carboxylic acids is 1. The van der Waals surface area contributed by atoms with Crippen molar-refractivity contribution in [2.75, 3.05) is 18.5 Å². The first-order valence-corrected chi connectivity index (χ1v) is 14.6. The third-order valence-corrected chi connectivity index (χ3v) is 8.06. The van der Waals surface area contributed by atoms with Gasteiger partial charge in [0.05, 0.1) is 53.9 Å². The van der Waals surface area contributed by atoms with E-state index in [4.69, 9.17) is 10.5 Å². The first-order chi connectivity index (χ1) is 22.2. The lowest BCUT2D eigenvalue weighted by molar-refractivity contribution is -0.117. The first kappa shape index (κ1) is 31.3. The number of ether oxygens (including phenoxy) is 1. The summed E-state index contributed by atoms with van der Waals surface area (Å²) >= 11 is 0. The summed E-state index contributed by atoms with van der Waals surface area (Å²) in [6.45, 7) is 0.599.